The second-order valence-electron chi connectivity index (χ2n) is 8.16. The van der Waals surface area contributed by atoms with Crippen molar-refractivity contribution in [1.29, 1.82) is 0 Å². The summed E-state index contributed by atoms with van der Waals surface area (Å²) < 4.78 is 0. The summed E-state index contributed by atoms with van der Waals surface area (Å²) in [7, 11) is 0. The first kappa shape index (κ1) is 24.1. The van der Waals surface area contributed by atoms with Gasteiger partial charge in [-0.3, -0.25) is 43.5 Å². The first-order valence-corrected chi connectivity index (χ1v) is 13.0. The Hall–Kier alpha value is -3.64. The Morgan fingerprint density at radius 1 is 0.722 bits per heavy atom. The Morgan fingerprint density at radius 3 is 1.94 bits per heavy atom. The highest BCUT2D eigenvalue weighted by Gasteiger charge is 2.44. The van der Waals surface area contributed by atoms with E-state index in [4.69, 9.17) is 0 Å². The molecule has 12 heteroatoms. The van der Waals surface area contributed by atoms with Gasteiger partial charge in [0.25, 0.3) is 28.2 Å². The van der Waals surface area contributed by atoms with E-state index >= 15 is 0 Å². The number of benzene rings is 2. The lowest BCUT2D eigenvalue weighted by atomic mass is 10.1. The third-order valence-corrected chi connectivity index (χ3v) is 8.07. The van der Waals surface area contributed by atoms with E-state index in [2.05, 4.69) is 0 Å². The molecule has 3 heterocycles. The first-order valence-electron chi connectivity index (χ1n) is 11.1. The van der Waals surface area contributed by atoms with Gasteiger partial charge in [-0.15, -0.1) is 0 Å². The van der Waals surface area contributed by atoms with Crippen LogP contribution in [-0.2, 0) is 9.59 Å². The number of para-hydroxylation sites is 1. The van der Waals surface area contributed by atoms with Gasteiger partial charge in [-0.2, -0.15) is 0 Å². The molecule has 0 unspecified atom stereocenters. The van der Waals surface area contributed by atoms with Gasteiger partial charge in [0, 0.05) is 31.9 Å². The third kappa shape index (κ3) is 4.26. The standard InChI is InChI=1S/C24H20N4O6S2/c29-18-14-35-23(33)26(18)11-10-25(15-6-2-1-3-7-15)22-21(32)28(24(34)36-22)13-12-27-19(30)16-8-4-5-9-17(16)20(27)31/h1-9,22H,10-14H2/t22-/m1/s1. The normalized spacial score (nSPS) is 19.7. The molecule has 3 aliphatic rings. The Bertz CT molecular complexity index is 1240. The Labute approximate surface area is 214 Å². The Kier molecular flexibility index (Phi) is 6.54. The minimum atomic E-state index is -0.914. The van der Waals surface area contributed by atoms with Crippen molar-refractivity contribution in [2.75, 3.05) is 36.8 Å². The lowest BCUT2D eigenvalue weighted by Gasteiger charge is -2.30. The highest BCUT2D eigenvalue weighted by molar-refractivity contribution is 8.15. The van der Waals surface area contributed by atoms with Crippen LogP contribution in [0.1, 0.15) is 20.7 Å². The van der Waals surface area contributed by atoms with Crippen LogP contribution in [0.4, 0.5) is 15.3 Å². The molecule has 0 spiro atoms. The summed E-state index contributed by atoms with van der Waals surface area (Å²) >= 11 is 1.76. The number of carbonyl (C=O) groups is 6. The molecule has 5 rings (SSSR count). The van der Waals surface area contributed by atoms with Gasteiger partial charge in [0.15, 0.2) is 5.37 Å². The largest absolute Gasteiger partial charge is 0.349 e. The minimum absolute atomic E-state index is 0.0765. The highest BCUT2D eigenvalue weighted by Crippen LogP contribution is 2.33. The first-order chi connectivity index (χ1) is 17.4. The summed E-state index contributed by atoms with van der Waals surface area (Å²) in [6, 6.07) is 15.4. The molecular formula is C24H20N4O6S2. The van der Waals surface area contributed by atoms with Crippen LogP contribution in [0.2, 0.25) is 0 Å². The van der Waals surface area contributed by atoms with Gasteiger partial charge in [0.2, 0.25) is 5.91 Å². The smallest absolute Gasteiger partial charge is 0.290 e. The zero-order valence-electron chi connectivity index (χ0n) is 18.9. The molecule has 1 atom stereocenters. The molecule has 36 heavy (non-hydrogen) atoms. The second-order valence-corrected chi connectivity index (χ2v) is 10.1. The van der Waals surface area contributed by atoms with Crippen molar-refractivity contribution in [2.24, 2.45) is 0 Å². The van der Waals surface area contributed by atoms with Crippen molar-refractivity contribution in [3.05, 3.63) is 65.7 Å². The molecule has 184 valence electrons. The van der Waals surface area contributed by atoms with Crippen LogP contribution in [0.25, 0.3) is 0 Å². The molecule has 2 aromatic carbocycles. The highest BCUT2D eigenvalue weighted by atomic mass is 32.2. The summed E-state index contributed by atoms with van der Waals surface area (Å²) in [5.41, 5.74) is 1.26. The van der Waals surface area contributed by atoms with Crippen LogP contribution >= 0.6 is 23.5 Å². The minimum Gasteiger partial charge on any atom is -0.349 e. The molecule has 0 radical (unpaired) electrons. The predicted molar refractivity (Wildman–Crippen MR) is 134 cm³/mol. The number of nitrogens with zero attached hydrogens (tertiary/aromatic N) is 4. The van der Waals surface area contributed by atoms with E-state index in [0.717, 1.165) is 38.2 Å². The average Bonchev–Trinajstić information content (AvgIpc) is 3.45. The molecule has 0 saturated carbocycles. The van der Waals surface area contributed by atoms with E-state index in [-0.39, 0.29) is 43.1 Å². The van der Waals surface area contributed by atoms with Gasteiger partial charge in [-0.05, 0) is 36.0 Å². The zero-order chi connectivity index (χ0) is 25.4. The van der Waals surface area contributed by atoms with E-state index in [0.29, 0.717) is 16.8 Å². The molecule has 10 nitrogen and oxygen atoms in total. The monoisotopic (exact) mass is 524 g/mol. The predicted octanol–water partition coefficient (Wildman–Crippen LogP) is 2.51. The molecule has 2 fully saturated rings. The number of hydrogen-bond acceptors (Lipinski definition) is 9. The van der Waals surface area contributed by atoms with E-state index in [9.17, 15) is 28.8 Å². The number of carbonyl (C=O) groups excluding carboxylic acids is 6. The molecule has 0 bridgehead atoms. The summed E-state index contributed by atoms with van der Waals surface area (Å²) in [6.45, 7) is -0.0103. The maximum Gasteiger partial charge on any atom is 0.290 e. The fourth-order valence-electron chi connectivity index (χ4n) is 4.28. The summed E-state index contributed by atoms with van der Waals surface area (Å²) in [4.78, 5) is 80.4. The van der Waals surface area contributed by atoms with Crippen molar-refractivity contribution < 1.29 is 28.8 Å². The quantitative estimate of drug-likeness (QED) is 0.480. The molecule has 0 N–H and O–H groups in total. The maximum atomic E-state index is 13.3. The third-order valence-electron chi connectivity index (χ3n) is 6.11. The second kappa shape index (κ2) is 9.78. The van der Waals surface area contributed by atoms with Crippen molar-refractivity contribution in [3.63, 3.8) is 0 Å². The number of imide groups is 3. The van der Waals surface area contributed by atoms with E-state index < -0.39 is 28.3 Å². The van der Waals surface area contributed by atoms with Crippen LogP contribution in [0, 0.1) is 0 Å². The molecule has 6 amide bonds. The zero-order valence-corrected chi connectivity index (χ0v) is 20.5. The van der Waals surface area contributed by atoms with E-state index in [1.807, 2.05) is 6.07 Å². The van der Waals surface area contributed by atoms with E-state index in [1.165, 1.54) is 0 Å². The van der Waals surface area contributed by atoms with Crippen LogP contribution in [0.15, 0.2) is 54.6 Å². The molecule has 0 aliphatic carbocycles. The van der Waals surface area contributed by atoms with Gasteiger partial charge < -0.3 is 4.90 Å². The number of rotatable bonds is 8. The number of anilines is 1. The van der Waals surface area contributed by atoms with Crippen LogP contribution in [0.3, 0.4) is 0 Å². The molecular weight excluding hydrogens is 504 g/mol. The van der Waals surface area contributed by atoms with Crippen molar-refractivity contribution in [1.82, 2.24) is 14.7 Å². The van der Waals surface area contributed by atoms with Gasteiger partial charge in [-0.1, -0.05) is 42.1 Å². The van der Waals surface area contributed by atoms with Crippen molar-refractivity contribution >= 4 is 63.3 Å². The average molecular weight is 525 g/mol. The number of fused-ring (bicyclic) bond motifs is 1. The molecule has 0 aromatic heterocycles. The van der Waals surface area contributed by atoms with Gasteiger partial charge in [0.1, 0.15) is 0 Å². The maximum absolute atomic E-state index is 13.3. The lowest BCUT2D eigenvalue weighted by molar-refractivity contribution is -0.126. The fourth-order valence-corrected chi connectivity index (χ4v) is 6.11. The SMILES string of the molecule is O=C1CSC(=O)N1CCN(c1ccccc1)[C@@H]1SC(=O)N(CCN2C(=O)c3ccccc3C2=O)C1=O. The molecule has 2 aromatic rings. The number of thioether (sulfide) groups is 2. The summed E-state index contributed by atoms with van der Waals surface area (Å²) in [5, 5.41) is -1.74. The Balaban J connectivity index is 1.30. The number of hydrogen-bond donors (Lipinski definition) is 0. The molecule has 3 aliphatic heterocycles. The van der Waals surface area contributed by atoms with Crippen molar-refractivity contribution in [2.45, 2.75) is 5.37 Å². The van der Waals surface area contributed by atoms with Gasteiger partial charge in [-0.25, -0.2) is 0 Å². The van der Waals surface area contributed by atoms with Crippen molar-refractivity contribution in [3.8, 4) is 0 Å². The Morgan fingerprint density at radius 2 is 1.33 bits per heavy atom. The van der Waals surface area contributed by atoms with Gasteiger partial charge >= 0.3 is 0 Å². The summed E-state index contributed by atoms with van der Waals surface area (Å²) in [6.07, 6.45) is 0. The van der Waals surface area contributed by atoms with Crippen LogP contribution < -0.4 is 4.90 Å². The van der Waals surface area contributed by atoms with Crippen LogP contribution in [-0.4, -0.2) is 86.1 Å². The molecule has 2 saturated heterocycles. The lowest BCUT2D eigenvalue weighted by Crippen LogP contribution is -2.47. The fraction of sp³-hybridized carbons (Fsp3) is 0.250. The van der Waals surface area contributed by atoms with Crippen LogP contribution in [0.5, 0.6) is 0 Å². The van der Waals surface area contributed by atoms with E-state index in [1.54, 1.807) is 53.4 Å². The summed E-state index contributed by atoms with van der Waals surface area (Å²) in [5.74, 6) is -1.60. The van der Waals surface area contributed by atoms with Gasteiger partial charge in [0.05, 0.1) is 16.9 Å². The topological polar surface area (TPSA) is 115 Å². The number of amides is 6.